The van der Waals surface area contributed by atoms with Gasteiger partial charge in [-0.05, 0) is 20.8 Å². The van der Waals surface area contributed by atoms with Gasteiger partial charge in [0.15, 0.2) is 6.29 Å². The molecule has 11 heavy (non-hydrogen) atoms. The zero-order valence-electron chi connectivity index (χ0n) is 8.05. The van der Waals surface area contributed by atoms with Gasteiger partial charge >= 0.3 is 0 Å². The summed E-state index contributed by atoms with van der Waals surface area (Å²) >= 11 is 0. The van der Waals surface area contributed by atoms with Crippen molar-refractivity contribution in [3.05, 3.63) is 0 Å². The van der Waals surface area contributed by atoms with E-state index in [1.807, 2.05) is 6.92 Å². The van der Waals surface area contributed by atoms with Crippen molar-refractivity contribution in [2.24, 2.45) is 5.41 Å². The van der Waals surface area contributed by atoms with Crippen LogP contribution in [0.4, 0.5) is 0 Å². The summed E-state index contributed by atoms with van der Waals surface area (Å²) < 4.78 is 11.1. The molecule has 1 aliphatic rings. The molecule has 0 aliphatic carbocycles. The maximum atomic E-state index is 5.55. The molecular formula is C9H18O2. The average Bonchev–Trinajstić information content (AvgIpc) is 1.84. The fourth-order valence-electron chi connectivity index (χ4n) is 1.29. The van der Waals surface area contributed by atoms with Gasteiger partial charge in [-0.3, -0.25) is 0 Å². The van der Waals surface area contributed by atoms with Gasteiger partial charge in [0, 0.05) is 5.41 Å². The lowest BCUT2D eigenvalue weighted by Crippen LogP contribution is -2.48. The minimum absolute atomic E-state index is 0.0481. The van der Waals surface area contributed by atoms with Crippen LogP contribution in [0, 0.1) is 5.41 Å². The van der Waals surface area contributed by atoms with Gasteiger partial charge in [0.2, 0.25) is 0 Å². The highest BCUT2D eigenvalue weighted by molar-refractivity contribution is 4.84. The summed E-state index contributed by atoms with van der Waals surface area (Å²) in [5, 5.41) is 0. The summed E-state index contributed by atoms with van der Waals surface area (Å²) in [6, 6.07) is 0. The topological polar surface area (TPSA) is 18.5 Å². The first-order valence-electron chi connectivity index (χ1n) is 4.25. The minimum atomic E-state index is -0.0481. The Morgan fingerprint density at radius 2 is 1.27 bits per heavy atom. The maximum Gasteiger partial charge on any atom is 0.155 e. The number of rotatable bonds is 0. The van der Waals surface area contributed by atoms with Crippen molar-refractivity contribution in [2.45, 2.75) is 53.1 Å². The van der Waals surface area contributed by atoms with Gasteiger partial charge in [-0.25, -0.2) is 0 Å². The molecule has 0 radical (unpaired) electrons. The Hall–Kier alpha value is -0.0800. The third-order valence-corrected chi connectivity index (χ3v) is 2.89. The summed E-state index contributed by atoms with van der Waals surface area (Å²) in [6.45, 7) is 10.5. The maximum absolute atomic E-state index is 5.55. The van der Waals surface area contributed by atoms with E-state index in [1.54, 1.807) is 0 Å². The molecule has 0 amide bonds. The highest BCUT2D eigenvalue weighted by Gasteiger charge is 2.39. The van der Waals surface area contributed by atoms with Gasteiger partial charge in [-0.1, -0.05) is 13.8 Å². The highest BCUT2D eigenvalue weighted by atomic mass is 16.7. The largest absolute Gasteiger partial charge is 0.349 e. The summed E-state index contributed by atoms with van der Waals surface area (Å²) in [5.74, 6) is 0. The molecular weight excluding hydrogens is 140 g/mol. The van der Waals surface area contributed by atoms with E-state index in [2.05, 4.69) is 27.7 Å². The van der Waals surface area contributed by atoms with Crippen molar-refractivity contribution in [2.75, 3.05) is 0 Å². The molecule has 0 spiro atoms. The summed E-state index contributed by atoms with van der Waals surface area (Å²) in [6.07, 6.45) is 0.510. The van der Waals surface area contributed by atoms with E-state index in [9.17, 15) is 0 Å². The Bertz CT molecular complexity index is 128. The number of ether oxygens (including phenoxy) is 2. The molecule has 2 atom stereocenters. The van der Waals surface area contributed by atoms with E-state index >= 15 is 0 Å². The first kappa shape index (κ1) is 9.01. The molecule has 0 saturated carbocycles. The molecule has 1 fully saturated rings. The van der Waals surface area contributed by atoms with E-state index < -0.39 is 0 Å². The summed E-state index contributed by atoms with van der Waals surface area (Å²) in [5.41, 5.74) is 0.131. The monoisotopic (exact) mass is 158 g/mol. The van der Waals surface area contributed by atoms with Gasteiger partial charge in [-0.2, -0.15) is 0 Å². The lowest BCUT2D eigenvalue weighted by Gasteiger charge is -2.44. The molecule has 0 aromatic carbocycles. The Morgan fingerprint density at radius 3 is 1.64 bits per heavy atom. The Morgan fingerprint density at radius 1 is 0.909 bits per heavy atom. The third kappa shape index (κ3) is 1.57. The predicted molar refractivity (Wildman–Crippen MR) is 44.3 cm³/mol. The van der Waals surface area contributed by atoms with Crippen LogP contribution in [0.1, 0.15) is 34.6 Å². The zero-order valence-corrected chi connectivity index (χ0v) is 8.05. The Kier molecular flexibility index (Phi) is 2.26. The molecule has 0 aromatic heterocycles. The highest BCUT2D eigenvalue weighted by Crippen LogP contribution is 2.35. The smallest absolute Gasteiger partial charge is 0.155 e. The molecule has 66 valence electrons. The molecule has 1 heterocycles. The lowest BCUT2D eigenvalue weighted by molar-refractivity contribution is -0.276. The third-order valence-electron chi connectivity index (χ3n) is 2.89. The lowest BCUT2D eigenvalue weighted by atomic mass is 9.81. The minimum Gasteiger partial charge on any atom is -0.349 e. The average molecular weight is 158 g/mol. The van der Waals surface area contributed by atoms with Crippen LogP contribution in [0.3, 0.4) is 0 Å². The standard InChI is InChI=1S/C9H18O2/c1-6-9(4,5)7(2)11-8(3)10-6/h6-8H,1-5H3. The quantitative estimate of drug-likeness (QED) is 0.538. The van der Waals surface area contributed by atoms with E-state index in [-0.39, 0.29) is 23.9 Å². The fourth-order valence-corrected chi connectivity index (χ4v) is 1.29. The number of hydrogen-bond donors (Lipinski definition) is 0. The molecule has 2 nitrogen and oxygen atoms in total. The molecule has 0 bridgehead atoms. The second-order valence-corrected chi connectivity index (χ2v) is 3.95. The van der Waals surface area contributed by atoms with Crippen LogP contribution in [-0.2, 0) is 9.47 Å². The molecule has 0 aromatic rings. The summed E-state index contributed by atoms with van der Waals surface area (Å²) in [7, 11) is 0. The van der Waals surface area contributed by atoms with Crippen molar-refractivity contribution >= 4 is 0 Å². The van der Waals surface area contributed by atoms with Gasteiger partial charge in [0.1, 0.15) is 0 Å². The van der Waals surface area contributed by atoms with E-state index in [0.29, 0.717) is 0 Å². The fraction of sp³-hybridized carbons (Fsp3) is 1.00. The predicted octanol–water partition coefficient (Wildman–Crippen LogP) is 2.18. The molecule has 0 N–H and O–H groups in total. The van der Waals surface area contributed by atoms with E-state index in [1.165, 1.54) is 0 Å². The van der Waals surface area contributed by atoms with Gasteiger partial charge < -0.3 is 9.47 Å². The number of hydrogen-bond acceptors (Lipinski definition) is 2. The molecule has 1 saturated heterocycles. The van der Waals surface area contributed by atoms with E-state index in [4.69, 9.17) is 9.47 Å². The van der Waals surface area contributed by atoms with Crippen LogP contribution in [0.2, 0.25) is 0 Å². The van der Waals surface area contributed by atoms with Crippen LogP contribution in [0.15, 0.2) is 0 Å². The van der Waals surface area contributed by atoms with Crippen LogP contribution in [-0.4, -0.2) is 18.5 Å². The van der Waals surface area contributed by atoms with Gasteiger partial charge in [-0.15, -0.1) is 0 Å². The molecule has 2 unspecified atom stereocenters. The summed E-state index contributed by atoms with van der Waals surface area (Å²) in [4.78, 5) is 0. The van der Waals surface area contributed by atoms with Crippen LogP contribution in [0.25, 0.3) is 0 Å². The Balaban J connectivity index is 2.67. The molecule has 2 heteroatoms. The first-order valence-corrected chi connectivity index (χ1v) is 4.25. The molecule has 1 aliphatic heterocycles. The Labute approximate surface area is 68.9 Å². The van der Waals surface area contributed by atoms with Crippen LogP contribution in [0.5, 0.6) is 0 Å². The van der Waals surface area contributed by atoms with Crippen LogP contribution < -0.4 is 0 Å². The van der Waals surface area contributed by atoms with Gasteiger partial charge in [0.05, 0.1) is 12.2 Å². The van der Waals surface area contributed by atoms with Crippen molar-refractivity contribution in [1.82, 2.24) is 0 Å². The second kappa shape index (κ2) is 2.76. The second-order valence-electron chi connectivity index (χ2n) is 3.95. The van der Waals surface area contributed by atoms with Crippen molar-refractivity contribution < 1.29 is 9.47 Å². The molecule has 1 rings (SSSR count). The van der Waals surface area contributed by atoms with Crippen molar-refractivity contribution in [3.63, 3.8) is 0 Å². The SMILES string of the molecule is CC1OC(C)C(C)(C)C(C)O1. The zero-order chi connectivity index (χ0) is 8.65. The van der Waals surface area contributed by atoms with Crippen molar-refractivity contribution in [1.29, 1.82) is 0 Å². The first-order chi connectivity index (χ1) is 4.94. The normalized spacial score (nSPS) is 43.9. The van der Waals surface area contributed by atoms with Crippen LogP contribution >= 0.6 is 0 Å². The van der Waals surface area contributed by atoms with Gasteiger partial charge in [0.25, 0.3) is 0 Å². The van der Waals surface area contributed by atoms with Crippen molar-refractivity contribution in [3.8, 4) is 0 Å². The van der Waals surface area contributed by atoms with E-state index in [0.717, 1.165) is 0 Å².